The third-order valence-electron chi connectivity index (χ3n) is 3.23. The van der Waals surface area contributed by atoms with E-state index in [9.17, 15) is 0 Å². The Labute approximate surface area is 105 Å². The maximum atomic E-state index is 5.93. The van der Waals surface area contributed by atoms with Gasteiger partial charge in [0.2, 0.25) is 0 Å². The second-order valence-corrected chi connectivity index (χ2v) is 4.99. The Morgan fingerprint density at radius 1 is 1.41 bits per heavy atom. The summed E-state index contributed by atoms with van der Waals surface area (Å²) in [5.41, 5.74) is 0.977. The van der Waals surface area contributed by atoms with E-state index in [1.54, 1.807) is 0 Å². The molecule has 1 atom stereocenters. The van der Waals surface area contributed by atoms with Crippen LogP contribution < -0.4 is 5.32 Å². The third-order valence-corrected chi connectivity index (χ3v) is 3.46. The van der Waals surface area contributed by atoms with Crippen LogP contribution in [-0.2, 0) is 6.42 Å². The molecule has 1 aliphatic rings. The average molecular weight is 248 g/mol. The molecule has 4 heteroatoms. The van der Waals surface area contributed by atoms with E-state index in [1.165, 1.54) is 6.42 Å². The maximum Gasteiger partial charge on any atom is 0.129 e. The third kappa shape index (κ3) is 2.40. The molecule has 1 saturated heterocycles. The normalized spacial score (nSPS) is 19.9. The van der Waals surface area contributed by atoms with Crippen molar-refractivity contribution in [3.05, 3.63) is 35.2 Å². The molecule has 0 saturated carbocycles. The first-order valence-electron chi connectivity index (χ1n) is 5.93. The monoisotopic (exact) mass is 247 g/mol. The number of fused-ring (bicyclic) bond motifs is 1. The van der Waals surface area contributed by atoms with Gasteiger partial charge in [-0.25, -0.2) is 9.97 Å². The smallest absolute Gasteiger partial charge is 0.129 e. The van der Waals surface area contributed by atoms with Crippen LogP contribution >= 0.6 is 11.6 Å². The summed E-state index contributed by atoms with van der Waals surface area (Å²) in [5, 5.41) is 5.10. The van der Waals surface area contributed by atoms with Gasteiger partial charge in [-0.1, -0.05) is 11.6 Å². The number of hydrogen-bond acceptors (Lipinski definition) is 3. The fraction of sp³-hybridized carbons (Fsp3) is 0.385. The zero-order chi connectivity index (χ0) is 11.7. The van der Waals surface area contributed by atoms with E-state index in [0.717, 1.165) is 41.3 Å². The van der Waals surface area contributed by atoms with Crippen LogP contribution in [0.2, 0.25) is 5.02 Å². The van der Waals surface area contributed by atoms with Gasteiger partial charge in [0.1, 0.15) is 5.82 Å². The second-order valence-electron chi connectivity index (χ2n) is 4.55. The molecule has 0 radical (unpaired) electrons. The highest BCUT2D eigenvalue weighted by atomic mass is 35.5. The first-order valence-corrected chi connectivity index (χ1v) is 6.31. The number of rotatable bonds is 2. The Morgan fingerprint density at radius 3 is 3.18 bits per heavy atom. The molecular formula is C13H14ClN3. The van der Waals surface area contributed by atoms with Crippen LogP contribution in [0.5, 0.6) is 0 Å². The van der Waals surface area contributed by atoms with Gasteiger partial charge < -0.3 is 5.32 Å². The number of benzene rings is 1. The summed E-state index contributed by atoms with van der Waals surface area (Å²) in [6.07, 6.45) is 4.06. The van der Waals surface area contributed by atoms with Crippen LogP contribution in [0.1, 0.15) is 12.2 Å². The lowest BCUT2D eigenvalue weighted by Gasteiger charge is -2.07. The van der Waals surface area contributed by atoms with E-state index in [4.69, 9.17) is 11.6 Å². The van der Waals surface area contributed by atoms with Crippen molar-refractivity contribution >= 4 is 22.5 Å². The van der Waals surface area contributed by atoms with E-state index in [0.29, 0.717) is 5.92 Å². The fourth-order valence-electron chi connectivity index (χ4n) is 2.29. The first kappa shape index (κ1) is 10.9. The predicted octanol–water partition coefficient (Wildman–Crippen LogP) is 2.44. The Balaban J connectivity index is 1.88. The molecule has 3 rings (SSSR count). The van der Waals surface area contributed by atoms with Gasteiger partial charge >= 0.3 is 0 Å². The quantitative estimate of drug-likeness (QED) is 0.886. The molecule has 0 unspecified atom stereocenters. The van der Waals surface area contributed by atoms with Crippen LogP contribution in [0.25, 0.3) is 10.9 Å². The molecule has 1 N–H and O–H groups in total. The van der Waals surface area contributed by atoms with E-state index in [1.807, 2.05) is 24.4 Å². The topological polar surface area (TPSA) is 37.8 Å². The summed E-state index contributed by atoms with van der Waals surface area (Å²) in [7, 11) is 0. The molecule has 3 nitrogen and oxygen atoms in total. The number of aromatic nitrogens is 2. The summed E-state index contributed by atoms with van der Waals surface area (Å²) in [4.78, 5) is 9.00. The van der Waals surface area contributed by atoms with E-state index in [2.05, 4.69) is 15.3 Å². The van der Waals surface area contributed by atoms with Gasteiger partial charge in [0, 0.05) is 23.0 Å². The van der Waals surface area contributed by atoms with Gasteiger partial charge in [0.25, 0.3) is 0 Å². The van der Waals surface area contributed by atoms with Crippen molar-refractivity contribution in [2.24, 2.45) is 5.92 Å². The number of nitrogens with one attached hydrogen (secondary N) is 1. The SMILES string of the molecule is Clc1ccc2nc(C[C@@H]3CCNC3)ncc2c1. The van der Waals surface area contributed by atoms with Crippen molar-refractivity contribution < 1.29 is 0 Å². The van der Waals surface area contributed by atoms with Gasteiger partial charge in [-0.05, 0) is 43.6 Å². The van der Waals surface area contributed by atoms with Crippen LogP contribution in [0.4, 0.5) is 0 Å². The summed E-state index contributed by atoms with van der Waals surface area (Å²) < 4.78 is 0. The molecular weight excluding hydrogens is 234 g/mol. The Hall–Kier alpha value is -1.19. The summed E-state index contributed by atoms with van der Waals surface area (Å²) in [6, 6.07) is 5.73. The number of halogens is 1. The van der Waals surface area contributed by atoms with Gasteiger partial charge in [-0.2, -0.15) is 0 Å². The number of hydrogen-bond donors (Lipinski definition) is 1. The predicted molar refractivity (Wildman–Crippen MR) is 69.2 cm³/mol. The van der Waals surface area contributed by atoms with Crippen molar-refractivity contribution in [1.82, 2.24) is 15.3 Å². The highest BCUT2D eigenvalue weighted by Gasteiger charge is 2.16. The molecule has 2 aromatic rings. The largest absolute Gasteiger partial charge is 0.316 e. The molecule has 0 aliphatic carbocycles. The standard InChI is InChI=1S/C13H14ClN3/c14-11-1-2-12-10(6-11)8-16-13(17-12)5-9-3-4-15-7-9/h1-2,6,8-9,15H,3-5,7H2/t9-/m0/s1. The van der Waals surface area contributed by atoms with Gasteiger partial charge in [-0.3, -0.25) is 0 Å². The van der Waals surface area contributed by atoms with Crippen LogP contribution in [0, 0.1) is 5.92 Å². The van der Waals surface area contributed by atoms with Crippen molar-refractivity contribution in [3.63, 3.8) is 0 Å². The average Bonchev–Trinajstić information content (AvgIpc) is 2.82. The van der Waals surface area contributed by atoms with Crippen LogP contribution in [0.3, 0.4) is 0 Å². The molecule has 17 heavy (non-hydrogen) atoms. The molecule has 1 aromatic heterocycles. The molecule has 88 valence electrons. The lowest BCUT2D eigenvalue weighted by molar-refractivity contribution is 0.563. The summed E-state index contributed by atoms with van der Waals surface area (Å²) >= 11 is 5.93. The molecule has 0 amide bonds. The second kappa shape index (κ2) is 4.59. The van der Waals surface area contributed by atoms with E-state index >= 15 is 0 Å². The fourth-order valence-corrected chi connectivity index (χ4v) is 2.47. The highest BCUT2D eigenvalue weighted by Crippen LogP contribution is 2.18. The minimum absolute atomic E-state index is 0.680. The molecule has 1 aliphatic heterocycles. The van der Waals surface area contributed by atoms with E-state index in [-0.39, 0.29) is 0 Å². The Kier molecular flexibility index (Phi) is 2.95. The van der Waals surface area contributed by atoms with Crippen molar-refractivity contribution in [2.45, 2.75) is 12.8 Å². The van der Waals surface area contributed by atoms with Gasteiger partial charge in [0.05, 0.1) is 5.52 Å². The van der Waals surface area contributed by atoms with E-state index < -0.39 is 0 Å². The molecule has 1 aromatic carbocycles. The van der Waals surface area contributed by atoms with Gasteiger partial charge in [-0.15, -0.1) is 0 Å². The zero-order valence-corrected chi connectivity index (χ0v) is 10.2. The summed E-state index contributed by atoms with van der Waals surface area (Å²) in [5.74, 6) is 1.62. The highest BCUT2D eigenvalue weighted by molar-refractivity contribution is 6.31. The molecule has 1 fully saturated rings. The van der Waals surface area contributed by atoms with Crippen molar-refractivity contribution in [2.75, 3.05) is 13.1 Å². The molecule has 0 bridgehead atoms. The Morgan fingerprint density at radius 2 is 2.35 bits per heavy atom. The van der Waals surface area contributed by atoms with Crippen molar-refractivity contribution in [3.8, 4) is 0 Å². The van der Waals surface area contributed by atoms with Crippen LogP contribution in [0.15, 0.2) is 24.4 Å². The maximum absolute atomic E-state index is 5.93. The first-order chi connectivity index (χ1) is 8.31. The minimum Gasteiger partial charge on any atom is -0.316 e. The number of nitrogens with zero attached hydrogens (tertiary/aromatic N) is 2. The zero-order valence-electron chi connectivity index (χ0n) is 9.49. The Bertz CT molecular complexity index is 535. The minimum atomic E-state index is 0.680. The lowest BCUT2D eigenvalue weighted by Crippen LogP contribution is -2.12. The molecule has 0 spiro atoms. The van der Waals surface area contributed by atoms with Gasteiger partial charge in [0.15, 0.2) is 0 Å². The lowest BCUT2D eigenvalue weighted by atomic mass is 10.0. The summed E-state index contributed by atoms with van der Waals surface area (Å²) in [6.45, 7) is 2.20. The van der Waals surface area contributed by atoms with Crippen LogP contribution in [-0.4, -0.2) is 23.1 Å². The molecule has 2 heterocycles. The van der Waals surface area contributed by atoms with Crippen molar-refractivity contribution in [1.29, 1.82) is 0 Å².